The number of rotatable bonds is 3. The third-order valence-electron chi connectivity index (χ3n) is 3.52. The topological polar surface area (TPSA) is 9.23 Å². The summed E-state index contributed by atoms with van der Waals surface area (Å²) < 4.78 is 5.15. The fourth-order valence-corrected chi connectivity index (χ4v) is 2.13. The van der Waals surface area contributed by atoms with E-state index in [1.165, 1.54) is 16.7 Å². The molecular weight excluding hydrogens is 244 g/mol. The predicted octanol–water partition coefficient (Wildman–Crippen LogP) is 5.27. The second-order valence-corrected chi connectivity index (χ2v) is 6.04. The van der Waals surface area contributed by atoms with Gasteiger partial charge in [0, 0.05) is 5.56 Å². The molecule has 2 aromatic rings. The Bertz CT molecular complexity index is 600. The highest BCUT2D eigenvalue weighted by molar-refractivity contribution is 5.68. The lowest BCUT2D eigenvalue weighted by Crippen LogP contribution is -2.10. The molecule has 0 saturated heterocycles. The molecule has 0 amide bonds. The van der Waals surface area contributed by atoms with Crippen LogP contribution in [0.5, 0.6) is 0 Å². The summed E-state index contributed by atoms with van der Waals surface area (Å²) in [5.74, 6) is 0.694. The van der Waals surface area contributed by atoms with Crippen molar-refractivity contribution in [1.29, 1.82) is 0 Å². The molecular formula is C19H22O. The van der Waals surface area contributed by atoms with Crippen molar-refractivity contribution in [3.8, 4) is 11.1 Å². The largest absolute Gasteiger partial charge is 0.497 e. The summed E-state index contributed by atoms with van der Waals surface area (Å²) in [7, 11) is 1.64. The molecule has 20 heavy (non-hydrogen) atoms. The molecule has 0 aliphatic heterocycles. The van der Waals surface area contributed by atoms with Crippen molar-refractivity contribution >= 4 is 5.76 Å². The van der Waals surface area contributed by atoms with Gasteiger partial charge in [-0.25, -0.2) is 0 Å². The third kappa shape index (κ3) is 3.11. The number of methoxy groups -OCH3 is 1. The highest BCUT2D eigenvalue weighted by Crippen LogP contribution is 2.28. The van der Waals surface area contributed by atoms with Gasteiger partial charge in [-0.1, -0.05) is 75.9 Å². The van der Waals surface area contributed by atoms with Crippen molar-refractivity contribution in [2.45, 2.75) is 26.2 Å². The normalized spacial score (nSPS) is 11.2. The Kier molecular flexibility index (Phi) is 3.99. The summed E-state index contributed by atoms with van der Waals surface area (Å²) in [6.45, 7) is 10.6. The second-order valence-electron chi connectivity index (χ2n) is 6.04. The molecule has 104 valence electrons. The van der Waals surface area contributed by atoms with Crippen LogP contribution >= 0.6 is 0 Å². The maximum atomic E-state index is 5.15. The quantitative estimate of drug-likeness (QED) is 0.688. The van der Waals surface area contributed by atoms with Crippen LogP contribution in [-0.2, 0) is 10.2 Å². The molecule has 0 aliphatic carbocycles. The Labute approximate surface area is 121 Å². The van der Waals surface area contributed by atoms with E-state index in [1.807, 2.05) is 12.1 Å². The minimum Gasteiger partial charge on any atom is -0.497 e. The van der Waals surface area contributed by atoms with Gasteiger partial charge >= 0.3 is 0 Å². The average molecular weight is 266 g/mol. The Morgan fingerprint density at radius 3 is 2.15 bits per heavy atom. The average Bonchev–Trinajstić information content (AvgIpc) is 2.46. The van der Waals surface area contributed by atoms with E-state index in [1.54, 1.807) is 7.11 Å². The highest BCUT2D eigenvalue weighted by atomic mass is 16.5. The van der Waals surface area contributed by atoms with Crippen LogP contribution in [0.1, 0.15) is 31.9 Å². The molecule has 0 radical (unpaired) electrons. The van der Waals surface area contributed by atoms with E-state index in [-0.39, 0.29) is 5.41 Å². The van der Waals surface area contributed by atoms with Crippen molar-refractivity contribution in [3.05, 3.63) is 66.2 Å². The zero-order valence-electron chi connectivity index (χ0n) is 12.7. The van der Waals surface area contributed by atoms with Crippen LogP contribution in [0.15, 0.2) is 55.1 Å². The fourth-order valence-electron chi connectivity index (χ4n) is 2.13. The number of hydrogen-bond donors (Lipinski definition) is 0. The first-order valence-corrected chi connectivity index (χ1v) is 6.86. The lowest BCUT2D eigenvalue weighted by atomic mass is 9.85. The van der Waals surface area contributed by atoms with Crippen LogP contribution in [0.2, 0.25) is 0 Å². The van der Waals surface area contributed by atoms with Gasteiger partial charge in [0.1, 0.15) is 5.76 Å². The molecule has 0 spiro atoms. The molecule has 1 nitrogen and oxygen atoms in total. The van der Waals surface area contributed by atoms with Crippen LogP contribution in [-0.4, -0.2) is 7.11 Å². The molecule has 0 bridgehead atoms. The Morgan fingerprint density at radius 1 is 0.950 bits per heavy atom. The summed E-state index contributed by atoms with van der Waals surface area (Å²) >= 11 is 0. The summed E-state index contributed by atoms with van der Waals surface area (Å²) in [6.07, 6.45) is 0. The lowest BCUT2D eigenvalue weighted by molar-refractivity contribution is 0.371. The van der Waals surface area contributed by atoms with Crippen LogP contribution in [0, 0.1) is 0 Å². The molecule has 0 saturated carbocycles. The van der Waals surface area contributed by atoms with Gasteiger partial charge in [0.25, 0.3) is 0 Å². The SMILES string of the molecule is C=C(OC)c1ccc(-c2cccc(C(C)(C)C)c2)cc1. The molecule has 2 aromatic carbocycles. The van der Waals surface area contributed by atoms with E-state index in [9.17, 15) is 0 Å². The molecule has 0 heterocycles. The molecule has 1 heteroatoms. The molecule has 2 rings (SSSR count). The van der Waals surface area contributed by atoms with Crippen LogP contribution in [0.25, 0.3) is 16.9 Å². The maximum absolute atomic E-state index is 5.15. The molecule has 0 fully saturated rings. The van der Waals surface area contributed by atoms with E-state index in [0.29, 0.717) is 5.76 Å². The van der Waals surface area contributed by atoms with Gasteiger partial charge in [0.15, 0.2) is 0 Å². The van der Waals surface area contributed by atoms with Gasteiger partial charge in [-0.2, -0.15) is 0 Å². The minimum absolute atomic E-state index is 0.167. The Balaban J connectivity index is 2.35. The number of benzene rings is 2. The van der Waals surface area contributed by atoms with Crippen molar-refractivity contribution in [2.24, 2.45) is 0 Å². The van der Waals surface area contributed by atoms with E-state index >= 15 is 0 Å². The number of hydrogen-bond acceptors (Lipinski definition) is 1. The first-order valence-electron chi connectivity index (χ1n) is 6.86. The highest BCUT2D eigenvalue weighted by Gasteiger charge is 2.13. The standard InChI is InChI=1S/C19H22O/c1-14(20-5)15-9-11-16(12-10-15)17-7-6-8-18(13-17)19(2,3)4/h6-13H,1H2,2-5H3. The summed E-state index contributed by atoms with van der Waals surface area (Å²) in [6, 6.07) is 17.0. The number of ether oxygens (including phenoxy) is 1. The van der Waals surface area contributed by atoms with Crippen LogP contribution < -0.4 is 0 Å². The maximum Gasteiger partial charge on any atom is 0.118 e. The zero-order chi connectivity index (χ0) is 14.8. The molecule has 0 atom stereocenters. The van der Waals surface area contributed by atoms with Crippen LogP contribution in [0.4, 0.5) is 0 Å². The smallest absolute Gasteiger partial charge is 0.118 e. The first-order chi connectivity index (χ1) is 9.41. The Hall–Kier alpha value is -2.02. The van der Waals surface area contributed by atoms with Gasteiger partial charge in [0.05, 0.1) is 7.11 Å². The minimum atomic E-state index is 0.167. The van der Waals surface area contributed by atoms with Crippen molar-refractivity contribution in [3.63, 3.8) is 0 Å². The predicted molar refractivity (Wildman–Crippen MR) is 86.6 cm³/mol. The summed E-state index contributed by atoms with van der Waals surface area (Å²) in [5, 5.41) is 0. The van der Waals surface area contributed by atoms with Crippen molar-refractivity contribution < 1.29 is 4.74 Å². The van der Waals surface area contributed by atoms with Gasteiger partial charge in [-0.3, -0.25) is 0 Å². The molecule has 0 N–H and O–H groups in total. The molecule has 0 aliphatic rings. The van der Waals surface area contributed by atoms with Gasteiger partial charge < -0.3 is 4.74 Å². The van der Waals surface area contributed by atoms with Gasteiger partial charge in [-0.15, -0.1) is 0 Å². The first kappa shape index (κ1) is 14.4. The van der Waals surface area contributed by atoms with E-state index in [0.717, 1.165) is 5.56 Å². The summed E-state index contributed by atoms with van der Waals surface area (Å²) in [4.78, 5) is 0. The molecule has 0 unspecified atom stereocenters. The van der Waals surface area contributed by atoms with E-state index in [4.69, 9.17) is 4.74 Å². The monoisotopic (exact) mass is 266 g/mol. The van der Waals surface area contributed by atoms with E-state index in [2.05, 4.69) is 63.7 Å². The second kappa shape index (κ2) is 5.54. The summed E-state index contributed by atoms with van der Waals surface area (Å²) in [5.41, 5.74) is 4.99. The van der Waals surface area contributed by atoms with E-state index < -0.39 is 0 Å². The fraction of sp³-hybridized carbons (Fsp3) is 0.263. The molecule has 0 aromatic heterocycles. The van der Waals surface area contributed by atoms with Gasteiger partial charge in [0.2, 0.25) is 0 Å². The third-order valence-corrected chi connectivity index (χ3v) is 3.52. The van der Waals surface area contributed by atoms with Crippen molar-refractivity contribution in [2.75, 3.05) is 7.11 Å². The van der Waals surface area contributed by atoms with Gasteiger partial charge in [-0.05, 0) is 22.1 Å². The van der Waals surface area contributed by atoms with Crippen molar-refractivity contribution in [1.82, 2.24) is 0 Å². The van der Waals surface area contributed by atoms with Crippen LogP contribution in [0.3, 0.4) is 0 Å². The zero-order valence-corrected chi connectivity index (χ0v) is 12.7. The Morgan fingerprint density at radius 2 is 1.60 bits per heavy atom. The lowest BCUT2D eigenvalue weighted by Gasteiger charge is -2.19.